The van der Waals surface area contributed by atoms with Crippen LogP contribution in [-0.2, 0) is 4.79 Å². The fourth-order valence-corrected chi connectivity index (χ4v) is 2.36. The highest BCUT2D eigenvalue weighted by atomic mass is 16.2. The van der Waals surface area contributed by atoms with Crippen LogP contribution < -0.4 is 5.73 Å². The zero-order valence-electron chi connectivity index (χ0n) is 10.3. The van der Waals surface area contributed by atoms with E-state index in [1.165, 1.54) is 0 Å². The van der Waals surface area contributed by atoms with E-state index in [-0.39, 0.29) is 24.2 Å². The molecule has 1 fully saturated rings. The molecule has 0 bridgehead atoms. The van der Waals surface area contributed by atoms with E-state index < -0.39 is 0 Å². The van der Waals surface area contributed by atoms with Gasteiger partial charge in [-0.05, 0) is 12.8 Å². The number of nitrogens with zero attached hydrogens (tertiary/aromatic N) is 1. The molecule has 96 valence electrons. The second kappa shape index (κ2) is 5.78. The Labute approximate surface area is 107 Å². The van der Waals surface area contributed by atoms with E-state index in [9.17, 15) is 9.59 Å². The number of piperidine rings is 1. The van der Waals surface area contributed by atoms with Gasteiger partial charge < -0.3 is 10.6 Å². The smallest absolute Gasteiger partial charge is 0.236 e. The average molecular weight is 246 g/mol. The number of nitrogens with two attached hydrogens (primary N) is 1. The minimum absolute atomic E-state index is 0.0272. The van der Waals surface area contributed by atoms with Crippen molar-refractivity contribution >= 4 is 11.7 Å². The largest absolute Gasteiger partial charge is 0.342 e. The van der Waals surface area contributed by atoms with Crippen molar-refractivity contribution in [2.75, 3.05) is 19.6 Å². The summed E-state index contributed by atoms with van der Waals surface area (Å²) >= 11 is 0. The number of likely N-dealkylation sites (tertiary alicyclic amines) is 1. The maximum absolute atomic E-state index is 12.2. The van der Waals surface area contributed by atoms with Gasteiger partial charge in [-0.1, -0.05) is 30.3 Å². The lowest BCUT2D eigenvalue weighted by Gasteiger charge is -2.31. The van der Waals surface area contributed by atoms with Gasteiger partial charge in [0.15, 0.2) is 5.78 Å². The van der Waals surface area contributed by atoms with Crippen LogP contribution in [0.3, 0.4) is 0 Å². The van der Waals surface area contributed by atoms with Crippen LogP contribution in [0.15, 0.2) is 30.3 Å². The molecule has 4 heteroatoms. The van der Waals surface area contributed by atoms with Crippen molar-refractivity contribution in [1.82, 2.24) is 4.90 Å². The number of hydrogen-bond donors (Lipinski definition) is 1. The van der Waals surface area contributed by atoms with Crippen LogP contribution in [0.4, 0.5) is 0 Å². The van der Waals surface area contributed by atoms with E-state index in [0.717, 1.165) is 18.4 Å². The number of rotatable bonds is 3. The Bertz CT molecular complexity index is 423. The van der Waals surface area contributed by atoms with E-state index >= 15 is 0 Å². The summed E-state index contributed by atoms with van der Waals surface area (Å²) in [6.45, 7) is 1.33. The lowest BCUT2D eigenvalue weighted by Crippen LogP contribution is -2.43. The molecule has 0 radical (unpaired) electrons. The molecule has 0 aliphatic carbocycles. The molecule has 18 heavy (non-hydrogen) atoms. The monoisotopic (exact) mass is 246 g/mol. The summed E-state index contributed by atoms with van der Waals surface area (Å²) in [5, 5.41) is 0. The van der Waals surface area contributed by atoms with E-state index in [4.69, 9.17) is 5.73 Å². The SMILES string of the molecule is NCC(=O)N1CCC(C(=O)c2ccccc2)CC1. The Balaban J connectivity index is 1.94. The van der Waals surface area contributed by atoms with Crippen LogP contribution >= 0.6 is 0 Å². The molecule has 1 aromatic rings. The molecule has 0 saturated carbocycles. The number of ketones is 1. The summed E-state index contributed by atoms with van der Waals surface area (Å²) < 4.78 is 0. The fraction of sp³-hybridized carbons (Fsp3) is 0.429. The number of carbonyl (C=O) groups is 2. The minimum atomic E-state index is -0.0272. The van der Waals surface area contributed by atoms with Gasteiger partial charge in [0, 0.05) is 24.6 Å². The second-order valence-electron chi connectivity index (χ2n) is 4.59. The minimum Gasteiger partial charge on any atom is -0.342 e. The zero-order chi connectivity index (χ0) is 13.0. The Kier molecular flexibility index (Phi) is 4.10. The normalized spacial score (nSPS) is 16.6. The number of amides is 1. The van der Waals surface area contributed by atoms with Crippen molar-refractivity contribution in [3.63, 3.8) is 0 Å². The van der Waals surface area contributed by atoms with E-state index in [1.54, 1.807) is 4.90 Å². The topological polar surface area (TPSA) is 63.4 Å². The molecule has 4 nitrogen and oxygen atoms in total. The zero-order valence-corrected chi connectivity index (χ0v) is 10.3. The summed E-state index contributed by atoms with van der Waals surface area (Å²) in [7, 11) is 0. The van der Waals surface area contributed by atoms with E-state index in [2.05, 4.69) is 0 Å². The van der Waals surface area contributed by atoms with Crippen LogP contribution in [0.25, 0.3) is 0 Å². The van der Waals surface area contributed by atoms with Gasteiger partial charge in [0.05, 0.1) is 6.54 Å². The summed E-state index contributed by atoms with van der Waals surface area (Å²) in [6.07, 6.45) is 1.47. The average Bonchev–Trinajstić information content (AvgIpc) is 2.47. The number of hydrogen-bond acceptors (Lipinski definition) is 3. The van der Waals surface area contributed by atoms with Crippen molar-refractivity contribution in [3.05, 3.63) is 35.9 Å². The third-order valence-electron chi connectivity index (χ3n) is 3.45. The molecule has 1 amide bonds. The molecule has 1 aliphatic heterocycles. The Morgan fingerprint density at radius 2 is 1.78 bits per heavy atom. The van der Waals surface area contributed by atoms with Crippen LogP contribution in [0, 0.1) is 5.92 Å². The van der Waals surface area contributed by atoms with Gasteiger partial charge in [0.25, 0.3) is 0 Å². The Hall–Kier alpha value is -1.68. The fourth-order valence-electron chi connectivity index (χ4n) is 2.36. The lowest BCUT2D eigenvalue weighted by molar-refractivity contribution is -0.130. The first-order chi connectivity index (χ1) is 8.72. The Morgan fingerprint density at radius 3 is 2.33 bits per heavy atom. The molecule has 1 saturated heterocycles. The van der Waals surface area contributed by atoms with Crippen molar-refractivity contribution < 1.29 is 9.59 Å². The molecule has 0 unspecified atom stereocenters. The molecule has 0 aromatic heterocycles. The third-order valence-corrected chi connectivity index (χ3v) is 3.45. The van der Waals surface area contributed by atoms with E-state index in [1.807, 2.05) is 30.3 Å². The molecule has 1 aromatic carbocycles. The number of Topliss-reactive ketones (excluding diaryl/α,β-unsaturated/α-hetero) is 1. The summed E-state index contributed by atoms with van der Waals surface area (Å²) in [5.74, 6) is 0.199. The molecule has 2 N–H and O–H groups in total. The highest BCUT2D eigenvalue weighted by Crippen LogP contribution is 2.21. The van der Waals surface area contributed by atoms with Crippen LogP contribution in [0.5, 0.6) is 0 Å². The number of benzene rings is 1. The molecule has 1 heterocycles. The summed E-state index contributed by atoms with van der Waals surface area (Å²) in [4.78, 5) is 25.4. The molecular weight excluding hydrogens is 228 g/mol. The first-order valence-electron chi connectivity index (χ1n) is 6.29. The molecule has 0 spiro atoms. The van der Waals surface area contributed by atoms with Crippen LogP contribution in [-0.4, -0.2) is 36.2 Å². The lowest BCUT2D eigenvalue weighted by atomic mass is 9.89. The predicted octanol–water partition coefficient (Wildman–Crippen LogP) is 1.07. The first kappa shape index (κ1) is 12.8. The van der Waals surface area contributed by atoms with Gasteiger partial charge in [-0.2, -0.15) is 0 Å². The quantitative estimate of drug-likeness (QED) is 0.811. The van der Waals surface area contributed by atoms with Gasteiger partial charge in [0.2, 0.25) is 5.91 Å². The van der Waals surface area contributed by atoms with Gasteiger partial charge in [-0.25, -0.2) is 0 Å². The maximum Gasteiger partial charge on any atom is 0.236 e. The van der Waals surface area contributed by atoms with Crippen molar-refractivity contribution in [2.24, 2.45) is 11.7 Å². The van der Waals surface area contributed by atoms with Crippen molar-refractivity contribution in [3.8, 4) is 0 Å². The van der Waals surface area contributed by atoms with Crippen molar-refractivity contribution in [2.45, 2.75) is 12.8 Å². The molecule has 1 aliphatic rings. The molecular formula is C14H18N2O2. The molecule has 2 rings (SSSR count). The van der Waals surface area contributed by atoms with Gasteiger partial charge >= 0.3 is 0 Å². The summed E-state index contributed by atoms with van der Waals surface area (Å²) in [6, 6.07) is 9.35. The van der Waals surface area contributed by atoms with Crippen LogP contribution in [0.1, 0.15) is 23.2 Å². The van der Waals surface area contributed by atoms with Gasteiger partial charge in [-0.15, -0.1) is 0 Å². The highest BCUT2D eigenvalue weighted by molar-refractivity contribution is 5.98. The number of carbonyl (C=O) groups excluding carboxylic acids is 2. The van der Waals surface area contributed by atoms with Crippen LogP contribution in [0.2, 0.25) is 0 Å². The third kappa shape index (κ3) is 2.76. The Morgan fingerprint density at radius 1 is 1.17 bits per heavy atom. The first-order valence-corrected chi connectivity index (χ1v) is 6.29. The molecule has 0 atom stereocenters. The van der Waals surface area contributed by atoms with Gasteiger partial charge in [0.1, 0.15) is 0 Å². The van der Waals surface area contributed by atoms with Crippen molar-refractivity contribution in [1.29, 1.82) is 0 Å². The second-order valence-corrected chi connectivity index (χ2v) is 4.59. The van der Waals surface area contributed by atoms with E-state index in [0.29, 0.717) is 13.1 Å². The highest BCUT2D eigenvalue weighted by Gasteiger charge is 2.27. The summed E-state index contributed by atoms with van der Waals surface area (Å²) in [5.41, 5.74) is 6.10. The maximum atomic E-state index is 12.2. The predicted molar refractivity (Wildman–Crippen MR) is 69.1 cm³/mol. The standard InChI is InChI=1S/C14H18N2O2/c15-10-13(17)16-8-6-12(7-9-16)14(18)11-4-2-1-3-5-11/h1-5,12H,6-10,15H2. The van der Waals surface area contributed by atoms with Gasteiger partial charge in [-0.3, -0.25) is 9.59 Å².